The molecule has 4 aromatic rings. The lowest BCUT2D eigenvalue weighted by Gasteiger charge is -2.24. The number of ether oxygens (including phenoxy) is 1. The fourth-order valence-corrected chi connectivity index (χ4v) is 4.48. The van der Waals surface area contributed by atoms with Crippen LogP contribution >= 0.6 is 11.3 Å². The molecule has 2 aromatic heterocycles. The van der Waals surface area contributed by atoms with Gasteiger partial charge < -0.3 is 10.5 Å². The molecule has 1 aliphatic heterocycles. The van der Waals surface area contributed by atoms with Gasteiger partial charge in [-0.3, -0.25) is 0 Å². The zero-order valence-electron chi connectivity index (χ0n) is 15.3. The van der Waals surface area contributed by atoms with Gasteiger partial charge in [0.05, 0.1) is 17.2 Å². The Labute approximate surface area is 171 Å². The molecule has 0 spiro atoms. The molecule has 5 nitrogen and oxygen atoms in total. The van der Waals surface area contributed by atoms with Crippen molar-refractivity contribution in [1.29, 1.82) is 5.26 Å². The van der Waals surface area contributed by atoms with Crippen LogP contribution in [0.3, 0.4) is 0 Å². The van der Waals surface area contributed by atoms with Crippen LogP contribution in [-0.4, -0.2) is 9.78 Å². The molecule has 0 radical (unpaired) electrons. The van der Waals surface area contributed by atoms with E-state index in [4.69, 9.17) is 15.6 Å². The first kappa shape index (κ1) is 17.3. The zero-order valence-corrected chi connectivity index (χ0v) is 16.1. The zero-order chi connectivity index (χ0) is 19.8. The number of fused-ring (bicyclic) bond motifs is 1. The molecular formula is C23H16N4OS. The number of benzene rings is 2. The lowest BCUT2D eigenvalue weighted by atomic mass is 9.87. The highest BCUT2D eigenvalue weighted by molar-refractivity contribution is 7.10. The van der Waals surface area contributed by atoms with Crippen molar-refractivity contribution in [2.45, 2.75) is 5.92 Å². The number of hydrogen-bond acceptors (Lipinski definition) is 5. The second-order valence-electron chi connectivity index (χ2n) is 6.62. The van der Waals surface area contributed by atoms with Crippen molar-refractivity contribution in [2.75, 3.05) is 0 Å². The molecule has 1 atom stereocenters. The standard InChI is InChI=1S/C23H16N4OS/c24-14-17-19(18-12-7-13-29-18)20-21(15-8-3-1-4-9-15)26-27(23(20)28-22(17)25)16-10-5-2-6-11-16/h1-13,19H,25H2/t19-/m1/s1. The van der Waals surface area contributed by atoms with Gasteiger partial charge in [0.1, 0.15) is 17.3 Å². The van der Waals surface area contributed by atoms with E-state index in [1.54, 1.807) is 16.0 Å². The summed E-state index contributed by atoms with van der Waals surface area (Å²) in [5.74, 6) is 0.344. The lowest BCUT2D eigenvalue weighted by Crippen LogP contribution is -2.21. The highest BCUT2D eigenvalue weighted by atomic mass is 32.1. The Balaban J connectivity index is 1.84. The van der Waals surface area contributed by atoms with Crippen LogP contribution in [0, 0.1) is 11.3 Å². The molecule has 1 aliphatic rings. The summed E-state index contributed by atoms with van der Waals surface area (Å²) in [6, 6.07) is 26.0. The van der Waals surface area contributed by atoms with Crippen molar-refractivity contribution in [2.24, 2.45) is 5.73 Å². The van der Waals surface area contributed by atoms with E-state index < -0.39 is 0 Å². The fourth-order valence-electron chi connectivity index (χ4n) is 3.63. The average Bonchev–Trinajstić information content (AvgIpc) is 3.42. The molecule has 0 aliphatic carbocycles. The summed E-state index contributed by atoms with van der Waals surface area (Å²) in [6.07, 6.45) is 0. The normalized spacial score (nSPS) is 15.5. The number of nitrogens with zero attached hydrogens (tertiary/aromatic N) is 3. The highest BCUT2D eigenvalue weighted by Crippen LogP contribution is 2.48. The number of nitrogens with two attached hydrogens (primary N) is 1. The van der Waals surface area contributed by atoms with Gasteiger partial charge in [-0.05, 0) is 23.6 Å². The summed E-state index contributed by atoms with van der Waals surface area (Å²) in [5.41, 5.74) is 10.1. The molecule has 0 saturated carbocycles. The summed E-state index contributed by atoms with van der Waals surface area (Å²) in [5, 5.41) is 16.8. The van der Waals surface area contributed by atoms with Gasteiger partial charge in [0.15, 0.2) is 0 Å². The van der Waals surface area contributed by atoms with Crippen LogP contribution in [0.4, 0.5) is 0 Å². The molecule has 0 bridgehead atoms. The number of para-hydroxylation sites is 1. The van der Waals surface area contributed by atoms with Crippen molar-refractivity contribution in [1.82, 2.24) is 9.78 Å². The van der Waals surface area contributed by atoms with E-state index in [1.807, 2.05) is 78.2 Å². The molecule has 6 heteroatoms. The third-order valence-electron chi connectivity index (χ3n) is 4.92. The molecule has 140 valence electrons. The summed E-state index contributed by atoms with van der Waals surface area (Å²) in [4.78, 5) is 1.03. The summed E-state index contributed by atoms with van der Waals surface area (Å²) in [6.45, 7) is 0. The van der Waals surface area contributed by atoms with Crippen molar-refractivity contribution in [3.63, 3.8) is 0 Å². The molecule has 0 saturated heterocycles. The predicted octanol–water partition coefficient (Wildman–Crippen LogP) is 4.82. The minimum Gasteiger partial charge on any atom is -0.422 e. The van der Waals surface area contributed by atoms with Crippen LogP contribution in [0.2, 0.25) is 0 Å². The quantitative estimate of drug-likeness (QED) is 0.539. The fraction of sp³-hybridized carbons (Fsp3) is 0.0435. The van der Waals surface area contributed by atoms with Gasteiger partial charge in [-0.1, -0.05) is 54.6 Å². The summed E-state index contributed by atoms with van der Waals surface area (Å²) < 4.78 is 7.75. The van der Waals surface area contributed by atoms with Crippen molar-refractivity contribution >= 4 is 11.3 Å². The van der Waals surface area contributed by atoms with E-state index in [0.717, 1.165) is 27.4 Å². The maximum Gasteiger partial charge on any atom is 0.229 e. The third-order valence-corrected chi connectivity index (χ3v) is 5.86. The van der Waals surface area contributed by atoms with Gasteiger partial charge in [0, 0.05) is 10.4 Å². The van der Waals surface area contributed by atoms with Gasteiger partial charge in [-0.2, -0.15) is 15.0 Å². The second kappa shape index (κ2) is 6.97. The first-order valence-corrected chi connectivity index (χ1v) is 10.0. The minimum atomic E-state index is -0.323. The first-order chi connectivity index (χ1) is 14.3. The van der Waals surface area contributed by atoms with E-state index >= 15 is 0 Å². The smallest absolute Gasteiger partial charge is 0.229 e. The highest BCUT2D eigenvalue weighted by Gasteiger charge is 2.38. The number of thiophene rings is 1. The SMILES string of the molecule is N#CC1=C(N)Oc2c(c(-c3ccccc3)nn2-c2ccccc2)[C@H]1c1cccs1. The molecule has 5 rings (SSSR count). The van der Waals surface area contributed by atoms with Crippen LogP contribution in [-0.2, 0) is 0 Å². The molecule has 3 heterocycles. The predicted molar refractivity (Wildman–Crippen MR) is 113 cm³/mol. The Morgan fingerprint density at radius 3 is 2.38 bits per heavy atom. The van der Waals surface area contributed by atoms with Crippen LogP contribution in [0.5, 0.6) is 5.88 Å². The summed E-state index contributed by atoms with van der Waals surface area (Å²) >= 11 is 1.59. The molecule has 0 fully saturated rings. The Bertz CT molecular complexity index is 1240. The second-order valence-corrected chi connectivity index (χ2v) is 7.60. The van der Waals surface area contributed by atoms with Gasteiger partial charge in [0.25, 0.3) is 0 Å². The molecular weight excluding hydrogens is 380 g/mol. The Hall–Kier alpha value is -3.82. The van der Waals surface area contributed by atoms with Crippen molar-refractivity contribution in [3.8, 4) is 28.9 Å². The van der Waals surface area contributed by atoms with E-state index in [-0.39, 0.29) is 11.8 Å². The maximum absolute atomic E-state index is 9.85. The topological polar surface area (TPSA) is 76.9 Å². The third kappa shape index (κ3) is 2.80. The van der Waals surface area contributed by atoms with Gasteiger partial charge in [-0.25, -0.2) is 0 Å². The lowest BCUT2D eigenvalue weighted by molar-refractivity contribution is 0.367. The van der Waals surface area contributed by atoms with E-state index in [1.165, 1.54) is 0 Å². The molecule has 29 heavy (non-hydrogen) atoms. The van der Waals surface area contributed by atoms with Crippen molar-refractivity contribution < 1.29 is 4.74 Å². The average molecular weight is 396 g/mol. The Kier molecular flexibility index (Phi) is 4.15. The number of rotatable bonds is 3. The molecule has 0 amide bonds. The van der Waals surface area contributed by atoms with Crippen LogP contribution in [0.25, 0.3) is 16.9 Å². The monoisotopic (exact) mass is 396 g/mol. The largest absolute Gasteiger partial charge is 0.422 e. The molecule has 2 N–H and O–H groups in total. The van der Waals surface area contributed by atoms with Gasteiger partial charge >= 0.3 is 0 Å². The first-order valence-electron chi connectivity index (χ1n) is 9.12. The summed E-state index contributed by atoms with van der Waals surface area (Å²) in [7, 11) is 0. The molecule has 2 aromatic carbocycles. The Morgan fingerprint density at radius 1 is 1.00 bits per heavy atom. The van der Waals surface area contributed by atoms with E-state index in [2.05, 4.69) is 6.07 Å². The molecule has 0 unspecified atom stereocenters. The number of hydrogen-bond donors (Lipinski definition) is 1. The van der Waals surface area contributed by atoms with Crippen LogP contribution < -0.4 is 10.5 Å². The van der Waals surface area contributed by atoms with Gasteiger partial charge in [0.2, 0.25) is 11.8 Å². The number of aromatic nitrogens is 2. The van der Waals surface area contributed by atoms with Crippen LogP contribution in [0.1, 0.15) is 16.4 Å². The van der Waals surface area contributed by atoms with Crippen LogP contribution in [0.15, 0.2) is 89.6 Å². The maximum atomic E-state index is 9.85. The number of allylic oxidation sites excluding steroid dienone is 1. The van der Waals surface area contributed by atoms with Crippen molar-refractivity contribution in [3.05, 3.63) is 100 Å². The van der Waals surface area contributed by atoms with E-state index in [9.17, 15) is 5.26 Å². The van der Waals surface area contributed by atoms with E-state index in [0.29, 0.717) is 11.5 Å². The Morgan fingerprint density at radius 2 is 1.72 bits per heavy atom. The van der Waals surface area contributed by atoms with Gasteiger partial charge in [-0.15, -0.1) is 11.3 Å². The number of nitriles is 1. The minimum absolute atomic E-state index is 0.120.